The molecule has 0 aliphatic rings. The van der Waals surface area contributed by atoms with Crippen LogP contribution >= 0.6 is 11.8 Å². The molecule has 0 fully saturated rings. The van der Waals surface area contributed by atoms with Crippen molar-refractivity contribution in [1.82, 2.24) is 0 Å². The van der Waals surface area contributed by atoms with E-state index in [9.17, 15) is 9.59 Å². The predicted molar refractivity (Wildman–Crippen MR) is 76.2 cm³/mol. The summed E-state index contributed by atoms with van der Waals surface area (Å²) in [5, 5.41) is -0.0654. The fourth-order valence-corrected chi connectivity index (χ4v) is 1.93. The van der Waals surface area contributed by atoms with E-state index in [0.29, 0.717) is 23.7 Å². The molecule has 1 aromatic carbocycles. The number of ketones is 1. The van der Waals surface area contributed by atoms with Crippen molar-refractivity contribution in [3.63, 3.8) is 0 Å². The molecule has 0 saturated heterocycles. The number of methoxy groups -OCH3 is 1. The van der Waals surface area contributed by atoms with Crippen LogP contribution in [0.2, 0.25) is 0 Å². The number of carbonyl (C=O) groups excluding carboxylic acids is 2. The van der Waals surface area contributed by atoms with Gasteiger partial charge in [0.05, 0.1) is 19.5 Å². The SMILES string of the molecule is CCCOc1cc(C(=O)CSC(C)=O)ccc1OC. The van der Waals surface area contributed by atoms with E-state index in [0.717, 1.165) is 18.2 Å². The number of hydrogen-bond donors (Lipinski definition) is 0. The van der Waals surface area contributed by atoms with Crippen molar-refractivity contribution in [3.8, 4) is 11.5 Å². The fraction of sp³-hybridized carbons (Fsp3) is 0.429. The minimum atomic E-state index is -0.0933. The Hall–Kier alpha value is -1.49. The summed E-state index contributed by atoms with van der Waals surface area (Å²) in [5.74, 6) is 1.21. The first-order valence-corrected chi connectivity index (χ1v) is 7.04. The monoisotopic (exact) mass is 282 g/mol. The molecule has 0 N–H and O–H groups in total. The summed E-state index contributed by atoms with van der Waals surface area (Å²) in [6.07, 6.45) is 0.877. The second-order valence-electron chi connectivity index (χ2n) is 3.92. The zero-order valence-electron chi connectivity index (χ0n) is 11.4. The quantitative estimate of drug-likeness (QED) is 0.720. The molecule has 5 heteroatoms. The zero-order chi connectivity index (χ0) is 14.3. The Balaban J connectivity index is 2.84. The van der Waals surface area contributed by atoms with Crippen molar-refractivity contribution in [2.45, 2.75) is 20.3 Å². The van der Waals surface area contributed by atoms with Crippen LogP contribution < -0.4 is 9.47 Å². The third kappa shape index (κ3) is 4.95. The summed E-state index contributed by atoms with van der Waals surface area (Å²) in [6.45, 7) is 4.02. The number of Topliss-reactive ketones (excluding diaryl/α,β-unsaturated/α-hetero) is 1. The molecule has 0 unspecified atom stereocenters. The molecule has 0 atom stereocenters. The zero-order valence-corrected chi connectivity index (χ0v) is 12.2. The van der Waals surface area contributed by atoms with Crippen molar-refractivity contribution in [2.75, 3.05) is 19.5 Å². The van der Waals surface area contributed by atoms with Gasteiger partial charge in [-0.05, 0) is 24.6 Å². The normalized spacial score (nSPS) is 10.1. The van der Waals surface area contributed by atoms with E-state index in [-0.39, 0.29) is 16.7 Å². The van der Waals surface area contributed by atoms with Crippen LogP contribution in [-0.2, 0) is 4.79 Å². The Kier molecular flexibility index (Phi) is 6.42. The molecule has 0 aliphatic heterocycles. The van der Waals surface area contributed by atoms with E-state index in [1.54, 1.807) is 25.3 Å². The molecule has 1 rings (SSSR count). The van der Waals surface area contributed by atoms with Crippen molar-refractivity contribution < 1.29 is 19.1 Å². The molecule has 104 valence electrons. The number of rotatable bonds is 7. The van der Waals surface area contributed by atoms with Crippen LogP contribution in [0.1, 0.15) is 30.6 Å². The Morgan fingerprint density at radius 2 is 2.00 bits per heavy atom. The second-order valence-corrected chi connectivity index (χ2v) is 5.07. The van der Waals surface area contributed by atoms with Crippen LogP contribution in [0.15, 0.2) is 18.2 Å². The van der Waals surface area contributed by atoms with Gasteiger partial charge in [-0.1, -0.05) is 18.7 Å². The lowest BCUT2D eigenvalue weighted by Crippen LogP contribution is -2.05. The summed E-state index contributed by atoms with van der Waals surface area (Å²) >= 11 is 1.01. The van der Waals surface area contributed by atoms with Gasteiger partial charge in [0, 0.05) is 12.5 Å². The van der Waals surface area contributed by atoms with Gasteiger partial charge in [-0.3, -0.25) is 9.59 Å². The second kappa shape index (κ2) is 7.84. The molecule has 0 aromatic heterocycles. The van der Waals surface area contributed by atoms with Crippen molar-refractivity contribution in [1.29, 1.82) is 0 Å². The molecule has 0 spiro atoms. The van der Waals surface area contributed by atoms with Gasteiger partial charge in [-0.15, -0.1) is 0 Å². The van der Waals surface area contributed by atoms with Crippen molar-refractivity contribution in [2.24, 2.45) is 0 Å². The first-order valence-electron chi connectivity index (χ1n) is 6.05. The highest BCUT2D eigenvalue weighted by atomic mass is 32.2. The standard InChI is InChI=1S/C14H18O4S/c1-4-7-18-14-8-11(5-6-13(14)17-3)12(16)9-19-10(2)15/h5-6,8H,4,7,9H2,1-3H3. The summed E-state index contributed by atoms with van der Waals surface area (Å²) in [4.78, 5) is 22.8. The maximum absolute atomic E-state index is 11.9. The highest BCUT2D eigenvalue weighted by Crippen LogP contribution is 2.28. The van der Waals surface area contributed by atoms with Gasteiger partial charge in [0.15, 0.2) is 22.4 Å². The number of ether oxygens (including phenoxy) is 2. The van der Waals surface area contributed by atoms with E-state index >= 15 is 0 Å². The van der Waals surface area contributed by atoms with Crippen molar-refractivity contribution >= 4 is 22.7 Å². The van der Waals surface area contributed by atoms with Crippen LogP contribution in [0.25, 0.3) is 0 Å². The lowest BCUT2D eigenvalue weighted by Gasteiger charge is -2.11. The smallest absolute Gasteiger partial charge is 0.186 e. The Morgan fingerprint density at radius 1 is 1.26 bits per heavy atom. The van der Waals surface area contributed by atoms with E-state index in [2.05, 4.69) is 0 Å². The molecule has 0 amide bonds. The third-order valence-electron chi connectivity index (χ3n) is 2.35. The summed E-state index contributed by atoms with van der Waals surface area (Å²) in [5.41, 5.74) is 0.528. The number of benzene rings is 1. The average Bonchev–Trinajstić information content (AvgIpc) is 2.42. The van der Waals surface area contributed by atoms with E-state index < -0.39 is 0 Å². The molecule has 0 radical (unpaired) electrons. The molecule has 0 aliphatic carbocycles. The van der Waals surface area contributed by atoms with Gasteiger partial charge in [0.2, 0.25) is 0 Å². The molecule has 19 heavy (non-hydrogen) atoms. The fourth-order valence-electron chi connectivity index (χ4n) is 1.43. The lowest BCUT2D eigenvalue weighted by atomic mass is 10.1. The third-order valence-corrected chi connectivity index (χ3v) is 3.17. The van der Waals surface area contributed by atoms with Gasteiger partial charge < -0.3 is 9.47 Å². The molecule has 0 saturated carbocycles. The highest BCUT2D eigenvalue weighted by molar-refractivity contribution is 8.14. The summed E-state index contributed by atoms with van der Waals surface area (Å²) in [7, 11) is 1.56. The van der Waals surface area contributed by atoms with Crippen LogP contribution in [0.4, 0.5) is 0 Å². The topological polar surface area (TPSA) is 52.6 Å². The number of carbonyl (C=O) groups is 2. The molecule has 1 aromatic rings. The predicted octanol–water partition coefficient (Wildman–Crippen LogP) is 2.95. The number of hydrogen-bond acceptors (Lipinski definition) is 5. The maximum atomic E-state index is 11.9. The Bertz CT molecular complexity index is 457. The largest absolute Gasteiger partial charge is 0.493 e. The maximum Gasteiger partial charge on any atom is 0.186 e. The van der Waals surface area contributed by atoms with E-state index in [1.165, 1.54) is 6.92 Å². The van der Waals surface area contributed by atoms with Crippen LogP contribution in [0.5, 0.6) is 11.5 Å². The van der Waals surface area contributed by atoms with Gasteiger partial charge in [0.25, 0.3) is 0 Å². The van der Waals surface area contributed by atoms with Gasteiger partial charge >= 0.3 is 0 Å². The highest BCUT2D eigenvalue weighted by Gasteiger charge is 2.12. The van der Waals surface area contributed by atoms with Gasteiger partial charge in [-0.25, -0.2) is 0 Å². The molecule has 0 bridgehead atoms. The van der Waals surface area contributed by atoms with Crippen LogP contribution in [0.3, 0.4) is 0 Å². The number of thioether (sulfide) groups is 1. The van der Waals surface area contributed by atoms with Crippen molar-refractivity contribution in [3.05, 3.63) is 23.8 Å². The van der Waals surface area contributed by atoms with Gasteiger partial charge in [0.1, 0.15) is 0 Å². The molecular weight excluding hydrogens is 264 g/mol. The first-order chi connectivity index (χ1) is 9.08. The van der Waals surface area contributed by atoms with E-state index in [1.807, 2.05) is 6.92 Å². The lowest BCUT2D eigenvalue weighted by molar-refractivity contribution is -0.109. The Morgan fingerprint density at radius 3 is 2.58 bits per heavy atom. The minimum absolute atomic E-state index is 0.0654. The molecule has 4 nitrogen and oxygen atoms in total. The first kappa shape index (κ1) is 15.6. The van der Waals surface area contributed by atoms with Crippen LogP contribution in [-0.4, -0.2) is 30.4 Å². The summed E-state index contributed by atoms with van der Waals surface area (Å²) < 4.78 is 10.7. The van der Waals surface area contributed by atoms with Gasteiger partial charge in [-0.2, -0.15) is 0 Å². The molecular formula is C14H18O4S. The Labute approximate surface area is 117 Å². The van der Waals surface area contributed by atoms with E-state index in [4.69, 9.17) is 9.47 Å². The average molecular weight is 282 g/mol. The van der Waals surface area contributed by atoms with Crippen LogP contribution in [0, 0.1) is 0 Å². The summed E-state index contributed by atoms with van der Waals surface area (Å²) in [6, 6.07) is 5.05. The molecule has 0 heterocycles. The minimum Gasteiger partial charge on any atom is -0.493 e.